The van der Waals surface area contributed by atoms with E-state index in [1.54, 1.807) is 31.2 Å². The molecule has 2 aliphatic heterocycles. The van der Waals surface area contributed by atoms with Crippen molar-refractivity contribution >= 4 is 46.4 Å². The zero-order valence-electron chi connectivity index (χ0n) is 17.9. The van der Waals surface area contributed by atoms with E-state index in [0.29, 0.717) is 23.4 Å². The minimum atomic E-state index is -0.967. The summed E-state index contributed by atoms with van der Waals surface area (Å²) in [5, 5.41) is 29.7. The van der Waals surface area contributed by atoms with Gasteiger partial charge in [-0.05, 0) is 61.9 Å². The Morgan fingerprint density at radius 2 is 2.06 bits per heavy atom. The number of aliphatic carboxylic acids is 1. The van der Waals surface area contributed by atoms with Gasteiger partial charge in [-0.15, -0.1) is 11.8 Å². The van der Waals surface area contributed by atoms with Gasteiger partial charge in [0, 0.05) is 10.8 Å². The van der Waals surface area contributed by atoms with Crippen molar-refractivity contribution in [2.24, 2.45) is 10.2 Å². The second-order valence-corrected chi connectivity index (χ2v) is 9.38. The first-order valence-corrected chi connectivity index (χ1v) is 11.6. The van der Waals surface area contributed by atoms with E-state index in [0.717, 1.165) is 24.9 Å². The van der Waals surface area contributed by atoms with Gasteiger partial charge < -0.3 is 10.2 Å². The Morgan fingerprint density at radius 3 is 2.85 bits per heavy atom. The molecule has 0 spiro atoms. The lowest BCUT2D eigenvalue weighted by Crippen LogP contribution is -2.28. The van der Waals surface area contributed by atoms with Crippen molar-refractivity contribution in [3.05, 3.63) is 64.1 Å². The first-order valence-electron chi connectivity index (χ1n) is 10.7. The highest BCUT2D eigenvalue weighted by Gasteiger charge is 2.32. The predicted molar refractivity (Wildman–Crippen MR) is 129 cm³/mol. The molecule has 1 aliphatic carbocycles. The molecule has 3 aliphatic rings. The number of para-hydroxylation sites is 1. The summed E-state index contributed by atoms with van der Waals surface area (Å²) >= 11 is 1.20. The summed E-state index contributed by atoms with van der Waals surface area (Å²) in [5.74, 6) is -1.32. The lowest BCUT2D eigenvalue weighted by molar-refractivity contribution is -0.131. The number of phenols is 1. The number of carbonyl (C=O) groups excluding carboxylic acids is 1. The van der Waals surface area contributed by atoms with Gasteiger partial charge in [-0.25, -0.2) is 4.79 Å². The second-order valence-electron chi connectivity index (χ2n) is 8.14. The van der Waals surface area contributed by atoms with Crippen LogP contribution in [0.1, 0.15) is 41.7 Å². The van der Waals surface area contributed by atoms with E-state index in [1.165, 1.54) is 27.9 Å². The van der Waals surface area contributed by atoms with E-state index >= 15 is 0 Å². The molecule has 0 fully saturated rings. The number of anilines is 2. The Kier molecular flexibility index (Phi) is 5.41. The molecule has 0 saturated carbocycles. The Morgan fingerprint density at radius 1 is 1.24 bits per heavy atom. The number of hydrogen-bond acceptors (Lipinski definition) is 7. The van der Waals surface area contributed by atoms with Crippen molar-refractivity contribution in [1.82, 2.24) is 0 Å². The number of carboxylic acid groups (broad SMARTS) is 1. The molecule has 8 nitrogen and oxygen atoms in total. The molecule has 2 aromatic rings. The average molecular weight is 463 g/mol. The number of nitrogens with zero attached hydrogens (tertiary/aromatic N) is 3. The summed E-state index contributed by atoms with van der Waals surface area (Å²) in [5.41, 5.74) is 7.68. The number of rotatable bonds is 5. The largest absolute Gasteiger partial charge is 0.505 e. The third-order valence-corrected chi connectivity index (χ3v) is 7.34. The number of allylic oxidation sites excluding steroid dienone is 1. The molecule has 1 unspecified atom stereocenters. The fraction of sp³-hybridized carbons (Fsp3) is 0.250. The molecular formula is C24H22N4O4S. The number of aryl methyl sites for hydroxylation is 2. The van der Waals surface area contributed by atoms with Gasteiger partial charge in [-0.1, -0.05) is 24.3 Å². The molecule has 1 atom stereocenters. The quantitative estimate of drug-likeness (QED) is 0.453. The van der Waals surface area contributed by atoms with Crippen LogP contribution in [0.25, 0.3) is 0 Å². The van der Waals surface area contributed by atoms with Gasteiger partial charge in [0.2, 0.25) is 0 Å². The van der Waals surface area contributed by atoms with Crippen molar-refractivity contribution < 1.29 is 19.8 Å². The number of fused-ring (bicyclic) bond motifs is 1. The summed E-state index contributed by atoms with van der Waals surface area (Å²) in [7, 11) is 0. The van der Waals surface area contributed by atoms with Crippen molar-refractivity contribution in [1.29, 1.82) is 0 Å². The minimum absolute atomic E-state index is 0.0186. The van der Waals surface area contributed by atoms with Crippen LogP contribution in [0.15, 0.2) is 57.6 Å². The van der Waals surface area contributed by atoms with E-state index in [2.05, 4.69) is 21.7 Å². The summed E-state index contributed by atoms with van der Waals surface area (Å²) in [6.07, 6.45) is 5.37. The number of amides is 1. The van der Waals surface area contributed by atoms with Crippen LogP contribution in [0.4, 0.5) is 11.4 Å². The molecular weight excluding hydrogens is 440 g/mol. The number of phenolic OH excluding ortho intramolecular Hbond substituents is 1. The van der Waals surface area contributed by atoms with Gasteiger partial charge >= 0.3 is 11.9 Å². The highest BCUT2D eigenvalue weighted by atomic mass is 32.2. The molecule has 2 aromatic carbocycles. The van der Waals surface area contributed by atoms with Crippen LogP contribution >= 0.6 is 11.8 Å². The number of benzene rings is 2. The fourth-order valence-corrected chi connectivity index (χ4v) is 5.42. The minimum Gasteiger partial charge on any atom is -0.505 e. The maximum absolute atomic E-state index is 13.0. The van der Waals surface area contributed by atoms with E-state index in [-0.39, 0.29) is 27.5 Å². The summed E-state index contributed by atoms with van der Waals surface area (Å²) in [4.78, 5) is 24.5. The Labute approximate surface area is 194 Å². The third-order valence-electron chi connectivity index (χ3n) is 6.01. The van der Waals surface area contributed by atoms with Crippen molar-refractivity contribution in [3.8, 4) is 5.75 Å². The van der Waals surface area contributed by atoms with Gasteiger partial charge in [-0.2, -0.15) is 15.2 Å². The molecule has 0 bridgehead atoms. The molecule has 0 aromatic heterocycles. The predicted octanol–water partition coefficient (Wildman–Crippen LogP) is 4.22. The lowest BCUT2D eigenvalue weighted by atomic mass is 10.1. The molecule has 168 valence electrons. The van der Waals surface area contributed by atoms with E-state index < -0.39 is 5.97 Å². The summed E-state index contributed by atoms with van der Waals surface area (Å²) in [6, 6.07) is 11.1. The van der Waals surface area contributed by atoms with E-state index in [1.807, 2.05) is 12.1 Å². The van der Waals surface area contributed by atoms with Crippen LogP contribution in [0, 0.1) is 0 Å². The number of thioether (sulfide) groups is 1. The molecule has 0 saturated heterocycles. The molecule has 2 heterocycles. The summed E-state index contributed by atoms with van der Waals surface area (Å²) in [6.45, 7) is 1.72. The zero-order chi connectivity index (χ0) is 23.1. The highest BCUT2D eigenvalue weighted by Crippen LogP contribution is 2.47. The Balaban J connectivity index is 1.34. The van der Waals surface area contributed by atoms with Crippen molar-refractivity contribution in [2.45, 2.75) is 37.9 Å². The van der Waals surface area contributed by atoms with Crippen LogP contribution in [0.5, 0.6) is 5.75 Å². The molecule has 33 heavy (non-hydrogen) atoms. The topological polar surface area (TPSA) is 115 Å². The zero-order valence-corrected chi connectivity index (χ0v) is 18.7. The number of nitrogens with one attached hydrogen (secondary N) is 1. The number of hydrazone groups is 2. The SMILES string of the molecule is CC1=NN(c2ccc3c(c2)CCC3)C(=O)/C1=N\Nc1cccc(C2CC=C(C(=O)O)S2)c1O. The van der Waals surface area contributed by atoms with Crippen LogP contribution in [0.3, 0.4) is 0 Å². The fourth-order valence-electron chi connectivity index (χ4n) is 4.31. The van der Waals surface area contributed by atoms with Crippen LogP contribution in [-0.2, 0) is 22.4 Å². The number of carbonyl (C=O) groups is 2. The standard InChI is InChI=1S/C24H22N4O4S/c1-13-21(23(30)28(27-13)16-9-8-14-4-2-5-15(14)12-16)26-25-18-7-3-6-17(22(18)29)19-10-11-20(33-19)24(31)32/h3,6-9,11-12,19,25,29H,2,4-5,10H2,1H3,(H,31,32)/b26-21-. The maximum atomic E-state index is 13.0. The van der Waals surface area contributed by atoms with Crippen molar-refractivity contribution in [2.75, 3.05) is 10.4 Å². The smallest absolute Gasteiger partial charge is 0.341 e. The number of carboxylic acids is 1. The number of hydrogen-bond donors (Lipinski definition) is 3. The molecule has 1 amide bonds. The van der Waals surface area contributed by atoms with Gasteiger partial charge in [0.15, 0.2) is 5.71 Å². The Bertz CT molecular complexity index is 1270. The van der Waals surface area contributed by atoms with E-state index in [9.17, 15) is 19.8 Å². The molecule has 9 heteroatoms. The summed E-state index contributed by atoms with van der Waals surface area (Å²) < 4.78 is 0. The third kappa shape index (κ3) is 3.89. The van der Waals surface area contributed by atoms with Crippen molar-refractivity contribution in [3.63, 3.8) is 0 Å². The van der Waals surface area contributed by atoms with Crippen LogP contribution < -0.4 is 10.4 Å². The average Bonchev–Trinajstić information content (AvgIpc) is 3.52. The first kappa shape index (κ1) is 21.3. The Hall–Kier alpha value is -3.59. The van der Waals surface area contributed by atoms with Crippen LogP contribution in [0.2, 0.25) is 0 Å². The first-order chi connectivity index (χ1) is 15.9. The normalized spacial score (nSPS) is 20.8. The van der Waals surface area contributed by atoms with Gasteiger partial charge in [0.25, 0.3) is 0 Å². The lowest BCUT2D eigenvalue weighted by Gasteiger charge is -2.15. The maximum Gasteiger partial charge on any atom is 0.341 e. The number of aromatic hydroxyl groups is 1. The molecule has 3 N–H and O–H groups in total. The highest BCUT2D eigenvalue weighted by molar-refractivity contribution is 8.04. The van der Waals surface area contributed by atoms with Gasteiger partial charge in [0.05, 0.1) is 22.0 Å². The monoisotopic (exact) mass is 462 g/mol. The second kappa shape index (κ2) is 8.40. The molecule has 0 radical (unpaired) electrons. The van der Waals surface area contributed by atoms with Crippen LogP contribution in [-0.4, -0.2) is 33.5 Å². The van der Waals surface area contributed by atoms with Gasteiger partial charge in [-0.3, -0.25) is 10.2 Å². The molecule has 5 rings (SSSR count). The van der Waals surface area contributed by atoms with E-state index in [4.69, 9.17) is 0 Å². The van der Waals surface area contributed by atoms with Gasteiger partial charge in [0.1, 0.15) is 5.75 Å².